The average molecular weight is 441 g/mol. The molecule has 0 heterocycles. The smallest absolute Gasteiger partial charge is 0.165 e. The molecule has 2 aliphatic rings. The molecule has 0 saturated heterocycles. The number of fused-ring (bicyclic) bond motifs is 1. The van der Waals surface area contributed by atoms with Crippen LogP contribution in [0, 0.1) is 23.5 Å². The van der Waals surface area contributed by atoms with Gasteiger partial charge in [-0.15, -0.1) is 0 Å². The maximum Gasteiger partial charge on any atom is 0.165 e. The average Bonchev–Trinajstić information content (AvgIpc) is 2.80. The standard InChI is InChI=1S/C28H34F2O2/c1-3-5-14-32-28-13-10-23(18-27(28)30)25-12-9-22(17-26(25)29)19-6-7-21-16-24(31-4-2)11-8-20(21)15-19/h3,5,9-10,12-13,17-21,24H,4,6-8,11,14-16H2,1-2H3/b5-3+. The lowest BCUT2D eigenvalue weighted by atomic mass is 9.65. The minimum absolute atomic E-state index is 0.180. The number of ether oxygens (including phenoxy) is 2. The molecule has 4 heteroatoms. The van der Waals surface area contributed by atoms with Crippen molar-refractivity contribution < 1.29 is 18.3 Å². The molecule has 0 spiro atoms. The molecule has 0 aromatic heterocycles. The van der Waals surface area contributed by atoms with Gasteiger partial charge >= 0.3 is 0 Å². The van der Waals surface area contributed by atoms with Crippen LogP contribution in [0.1, 0.15) is 63.9 Å². The van der Waals surface area contributed by atoms with Gasteiger partial charge in [-0.1, -0.05) is 30.4 Å². The third-order valence-electron chi connectivity index (χ3n) is 7.25. The zero-order valence-electron chi connectivity index (χ0n) is 19.2. The van der Waals surface area contributed by atoms with Gasteiger partial charge in [0, 0.05) is 12.2 Å². The zero-order chi connectivity index (χ0) is 22.5. The highest BCUT2D eigenvalue weighted by Crippen LogP contribution is 2.47. The highest BCUT2D eigenvalue weighted by atomic mass is 19.1. The molecule has 2 nitrogen and oxygen atoms in total. The fourth-order valence-electron chi connectivity index (χ4n) is 5.57. The van der Waals surface area contributed by atoms with E-state index in [-0.39, 0.29) is 11.6 Å². The highest BCUT2D eigenvalue weighted by molar-refractivity contribution is 5.65. The van der Waals surface area contributed by atoms with Gasteiger partial charge in [0.15, 0.2) is 11.6 Å². The number of rotatable bonds is 7. The Kier molecular flexibility index (Phi) is 7.62. The van der Waals surface area contributed by atoms with E-state index in [1.54, 1.807) is 24.3 Å². The van der Waals surface area contributed by atoms with Gasteiger partial charge in [0.05, 0.1) is 6.10 Å². The van der Waals surface area contributed by atoms with Crippen molar-refractivity contribution in [1.29, 1.82) is 0 Å². The predicted molar refractivity (Wildman–Crippen MR) is 125 cm³/mol. The van der Waals surface area contributed by atoms with Crippen LogP contribution >= 0.6 is 0 Å². The summed E-state index contributed by atoms with van der Waals surface area (Å²) in [6.07, 6.45) is 11.1. The second-order valence-corrected chi connectivity index (χ2v) is 9.19. The molecule has 0 radical (unpaired) electrons. The molecular formula is C28H34F2O2. The largest absolute Gasteiger partial charge is 0.486 e. The molecule has 172 valence electrons. The monoisotopic (exact) mass is 440 g/mol. The van der Waals surface area contributed by atoms with Crippen LogP contribution in [-0.4, -0.2) is 19.3 Å². The summed E-state index contributed by atoms with van der Waals surface area (Å²) in [5, 5.41) is 0. The fourth-order valence-corrected chi connectivity index (χ4v) is 5.57. The van der Waals surface area contributed by atoms with E-state index in [0.29, 0.717) is 29.8 Å². The third-order valence-corrected chi connectivity index (χ3v) is 7.25. The van der Waals surface area contributed by atoms with Crippen LogP contribution in [0.3, 0.4) is 0 Å². The summed E-state index contributed by atoms with van der Waals surface area (Å²) in [5.41, 5.74) is 2.03. The SMILES string of the molecule is C/C=C/COc1ccc(-c2ccc(C3CCC4CC(OCC)CCC4C3)cc2F)cc1F. The van der Waals surface area contributed by atoms with Crippen molar-refractivity contribution in [3.8, 4) is 16.9 Å². The summed E-state index contributed by atoms with van der Waals surface area (Å²) in [5.74, 6) is 1.29. The van der Waals surface area contributed by atoms with Crippen LogP contribution in [0.2, 0.25) is 0 Å². The highest BCUT2D eigenvalue weighted by Gasteiger charge is 2.36. The van der Waals surface area contributed by atoms with E-state index in [0.717, 1.165) is 43.3 Å². The van der Waals surface area contributed by atoms with Gasteiger partial charge < -0.3 is 9.47 Å². The van der Waals surface area contributed by atoms with E-state index in [9.17, 15) is 4.39 Å². The number of halogens is 2. The summed E-state index contributed by atoms with van der Waals surface area (Å²) < 4.78 is 40.7. The molecule has 2 aliphatic carbocycles. The van der Waals surface area contributed by atoms with Gasteiger partial charge in [0.1, 0.15) is 12.4 Å². The van der Waals surface area contributed by atoms with Crippen molar-refractivity contribution >= 4 is 0 Å². The minimum atomic E-state index is -0.476. The minimum Gasteiger partial charge on any atom is -0.486 e. The Hall–Kier alpha value is -2.20. The summed E-state index contributed by atoms with van der Waals surface area (Å²) in [4.78, 5) is 0. The topological polar surface area (TPSA) is 18.5 Å². The summed E-state index contributed by atoms with van der Waals surface area (Å²) in [6.45, 7) is 5.06. The van der Waals surface area contributed by atoms with Gasteiger partial charge in [0.25, 0.3) is 0 Å². The molecule has 2 aromatic rings. The first-order valence-corrected chi connectivity index (χ1v) is 12.0. The van der Waals surface area contributed by atoms with Crippen molar-refractivity contribution in [3.63, 3.8) is 0 Å². The Morgan fingerprint density at radius 3 is 2.50 bits per heavy atom. The van der Waals surface area contributed by atoms with E-state index in [2.05, 4.69) is 6.92 Å². The number of benzene rings is 2. The van der Waals surface area contributed by atoms with Crippen molar-refractivity contribution in [3.05, 3.63) is 65.7 Å². The second kappa shape index (κ2) is 10.6. The third kappa shape index (κ3) is 5.23. The van der Waals surface area contributed by atoms with Gasteiger partial charge in [0.2, 0.25) is 0 Å². The van der Waals surface area contributed by atoms with Crippen molar-refractivity contribution in [2.24, 2.45) is 11.8 Å². The van der Waals surface area contributed by atoms with Crippen molar-refractivity contribution in [2.75, 3.05) is 13.2 Å². The zero-order valence-corrected chi connectivity index (χ0v) is 19.2. The van der Waals surface area contributed by atoms with Crippen LogP contribution in [0.5, 0.6) is 5.75 Å². The maximum absolute atomic E-state index is 15.1. The molecule has 32 heavy (non-hydrogen) atoms. The molecule has 2 fully saturated rings. The summed E-state index contributed by atoms with van der Waals surface area (Å²) >= 11 is 0. The van der Waals surface area contributed by atoms with Crippen LogP contribution in [-0.2, 0) is 4.74 Å². The van der Waals surface area contributed by atoms with E-state index in [1.807, 2.05) is 25.1 Å². The lowest BCUT2D eigenvalue weighted by Crippen LogP contribution is -2.33. The van der Waals surface area contributed by atoms with Crippen LogP contribution in [0.4, 0.5) is 8.78 Å². The number of hydrogen-bond donors (Lipinski definition) is 0. The molecule has 2 aromatic carbocycles. The van der Waals surface area contributed by atoms with Crippen LogP contribution in [0.25, 0.3) is 11.1 Å². The van der Waals surface area contributed by atoms with Crippen molar-refractivity contribution in [2.45, 2.75) is 64.4 Å². The first-order valence-electron chi connectivity index (χ1n) is 12.0. The Labute approximate surface area is 190 Å². The molecule has 4 atom stereocenters. The number of allylic oxidation sites excluding steroid dienone is 1. The Bertz CT molecular complexity index is 939. The van der Waals surface area contributed by atoms with E-state index < -0.39 is 5.82 Å². The van der Waals surface area contributed by atoms with E-state index >= 15 is 4.39 Å². The molecule has 4 unspecified atom stereocenters. The lowest BCUT2D eigenvalue weighted by molar-refractivity contribution is -0.00956. The molecule has 0 amide bonds. The molecule has 4 rings (SSSR count). The Morgan fingerprint density at radius 1 is 0.938 bits per heavy atom. The van der Waals surface area contributed by atoms with Crippen LogP contribution in [0.15, 0.2) is 48.6 Å². The lowest BCUT2D eigenvalue weighted by Gasteiger charge is -2.42. The first-order chi connectivity index (χ1) is 15.6. The Morgan fingerprint density at radius 2 is 1.75 bits per heavy atom. The maximum atomic E-state index is 15.1. The van der Waals surface area contributed by atoms with Gasteiger partial charge in [-0.3, -0.25) is 0 Å². The summed E-state index contributed by atoms with van der Waals surface area (Å²) in [6, 6.07) is 10.1. The number of hydrogen-bond acceptors (Lipinski definition) is 2. The van der Waals surface area contributed by atoms with Gasteiger partial charge in [-0.05, 0) is 99.5 Å². The second-order valence-electron chi connectivity index (χ2n) is 9.19. The normalized spacial score (nSPS) is 25.6. The van der Waals surface area contributed by atoms with Gasteiger partial charge in [-0.2, -0.15) is 0 Å². The fraction of sp³-hybridized carbons (Fsp3) is 0.500. The Balaban J connectivity index is 1.43. The first kappa shape index (κ1) is 23.0. The van der Waals surface area contributed by atoms with Crippen molar-refractivity contribution in [1.82, 2.24) is 0 Å². The molecule has 0 bridgehead atoms. The molecule has 0 aliphatic heterocycles. The van der Waals surface area contributed by atoms with E-state index in [4.69, 9.17) is 9.47 Å². The molecule has 2 saturated carbocycles. The van der Waals surface area contributed by atoms with E-state index in [1.165, 1.54) is 25.3 Å². The quantitative estimate of drug-likeness (QED) is 0.411. The van der Waals surface area contributed by atoms with Crippen LogP contribution < -0.4 is 4.74 Å². The molecular weight excluding hydrogens is 406 g/mol. The summed E-state index contributed by atoms with van der Waals surface area (Å²) in [7, 11) is 0. The van der Waals surface area contributed by atoms with Gasteiger partial charge in [-0.25, -0.2) is 8.78 Å². The molecule has 0 N–H and O–H groups in total. The predicted octanol–water partition coefficient (Wildman–Crippen LogP) is 7.68.